The van der Waals surface area contributed by atoms with Gasteiger partial charge in [-0.3, -0.25) is 0 Å². The van der Waals surface area contributed by atoms with Gasteiger partial charge in [0.2, 0.25) is 0 Å². The Morgan fingerprint density at radius 3 is 2.64 bits per heavy atom. The van der Waals surface area contributed by atoms with E-state index >= 15 is 0 Å². The molecule has 0 saturated heterocycles. The third-order valence-electron chi connectivity index (χ3n) is 1.80. The van der Waals surface area contributed by atoms with Crippen LogP contribution in [0.1, 0.15) is 18.1 Å². The van der Waals surface area contributed by atoms with Crippen molar-refractivity contribution in [3.05, 3.63) is 36.2 Å². The Kier molecular flexibility index (Phi) is 3.01. The first-order valence-corrected chi connectivity index (χ1v) is 5.00. The van der Waals surface area contributed by atoms with Crippen molar-refractivity contribution in [3.63, 3.8) is 0 Å². The molecule has 1 rings (SSSR count). The Balaban J connectivity index is 3.13. The molecule has 11 heavy (non-hydrogen) atoms. The SMILES string of the molecule is [CH2]c1cccc(SC)c1CC. The molecule has 0 nitrogen and oxygen atoms in total. The van der Waals surface area contributed by atoms with Crippen LogP contribution in [0.3, 0.4) is 0 Å². The summed E-state index contributed by atoms with van der Waals surface area (Å²) in [6, 6.07) is 6.28. The molecule has 59 valence electrons. The average molecular weight is 165 g/mol. The smallest absolute Gasteiger partial charge is 0.0104 e. The van der Waals surface area contributed by atoms with Gasteiger partial charge in [0, 0.05) is 4.90 Å². The maximum Gasteiger partial charge on any atom is 0.0104 e. The third kappa shape index (κ3) is 1.78. The van der Waals surface area contributed by atoms with E-state index in [9.17, 15) is 0 Å². The summed E-state index contributed by atoms with van der Waals surface area (Å²) < 4.78 is 0. The van der Waals surface area contributed by atoms with Gasteiger partial charge in [0.1, 0.15) is 0 Å². The van der Waals surface area contributed by atoms with Gasteiger partial charge in [-0.2, -0.15) is 0 Å². The Bertz CT molecular complexity index is 241. The summed E-state index contributed by atoms with van der Waals surface area (Å²) in [6.07, 6.45) is 3.18. The van der Waals surface area contributed by atoms with Crippen LogP contribution in [-0.4, -0.2) is 6.26 Å². The molecule has 0 aromatic heterocycles. The lowest BCUT2D eigenvalue weighted by atomic mass is 10.1. The molecule has 0 N–H and O–H groups in total. The maximum atomic E-state index is 3.99. The van der Waals surface area contributed by atoms with E-state index in [1.54, 1.807) is 11.8 Å². The lowest BCUT2D eigenvalue weighted by molar-refractivity contribution is 1.07. The van der Waals surface area contributed by atoms with Crippen LogP contribution >= 0.6 is 11.8 Å². The highest BCUT2D eigenvalue weighted by Gasteiger charge is 2.00. The molecule has 0 aliphatic rings. The molecule has 0 fully saturated rings. The highest BCUT2D eigenvalue weighted by molar-refractivity contribution is 7.98. The summed E-state index contributed by atoms with van der Waals surface area (Å²) in [7, 11) is 0. The standard InChI is InChI=1S/C10H13S/c1-4-9-8(2)6-5-7-10(9)11-3/h5-7H,2,4H2,1,3H3. The molecule has 0 bridgehead atoms. The second kappa shape index (κ2) is 3.82. The van der Waals surface area contributed by atoms with Crippen molar-refractivity contribution in [3.8, 4) is 0 Å². The maximum absolute atomic E-state index is 3.99. The molecule has 0 aliphatic carbocycles. The molecule has 0 aliphatic heterocycles. The predicted molar refractivity (Wildman–Crippen MR) is 52.1 cm³/mol. The van der Waals surface area contributed by atoms with Crippen molar-refractivity contribution < 1.29 is 0 Å². The van der Waals surface area contributed by atoms with Crippen LogP contribution in [0, 0.1) is 6.92 Å². The summed E-state index contributed by atoms with van der Waals surface area (Å²) in [5.41, 5.74) is 2.55. The van der Waals surface area contributed by atoms with E-state index in [4.69, 9.17) is 0 Å². The van der Waals surface area contributed by atoms with Gasteiger partial charge in [-0.05, 0) is 36.8 Å². The van der Waals surface area contributed by atoms with Crippen LogP contribution in [0.25, 0.3) is 0 Å². The fourth-order valence-electron chi connectivity index (χ4n) is 1.20. The zero-order valence-corrected chi connectivity index (χ0v) is 7.87. The quantitative estimate of drug-likeness (QED) is 0.607. The normalized spacial score (nSPS) is 10.1. The van der Waals surface area contributed by atoms with E-state index in [-0.39, 0.29) is 0 Å². The minimum Gasteiger partial charge on any atom is -0.129 e. The Hall–Kier alpha value is -0.430. The van der Waals surface area contributed by atoms with Gasteiger partial charge in [-0.25, -0.2) is 0 Å². The minimum atomic E-state index is 1.08. The molecule has 1 radical (unpaired) electrons. The molecule has 1 heteroatoms. The second-order valence-electron chi connectivity index (χ2n) is 2.45. The fourth-order valence-corrected chi connectivity index (χ4v) is 1.94. The van der Waals surface area contributed by atoms with Gasteiger partial charge in [0.15, 0.2) is 0 Å². The van der Waals surface area contributed by atoms with E-state index in [0.29, 0.717) is 0 Å². The van der Waals surface area contributed by atoms with Crippen LogP contribution in [0.4, 0.5) is 0 Å². The van der Waals surface area contributed by atoms with Crippen LogP contribution in [0.15, 0.2) is 23.1 Å². The summed E-state index contributed by atoms with van der Waals surface area (Å²) in [4.78, 5) is 1.36. The van der Waals surface area contributed by atoms with Crippen LogP contribution in [0.5, 0.6) is 0 Å². The lowest BCUT2D eigenvalue weighted by Crippen LogP contribution is -1.88. The van der Waals surface area contributed by atoms with Crippen molar-refractivity contribution >= 4 is 11.8 Å². The van der Waals surface area contributed by atoms with E-state index < -0.39 is 0 Å². The average Bonchev–Trinajstić information content (AvgIpc) is 2.04. The zero-order valence-electron chi connectivity index (χ0n) is 7.05. The molecule has 1 aromatic rings. The predicted octanol–water partition coefficient (Wildman–Crippen LogP) is 3.15. The lowest BCUT2D eigenvalue weighted by Gasteiger charge is -2.07. The largest absolute Gasteiger partial charge is 0.129 e. The van der Waals surface area contributed by atoms with Crippen molar-refractivity contribution in [1.82, 2.24) is 0 Å². The van der Waals surface area contributed by atoms with Gasteiger partial charge in [0.25, 0.3) is 0 Å². The van der Waals surface area contributed by atoms with Crippen LogP contribution < -0.4 is 0 Å². The molecular weight excluding hydrogens is 152 g/mol. The first-order valence-electron chi connectivity index (χ1n) is 3.77. The molecule has 0 heterocycles. The second-order valence-corrected chi connectivity index (χ2v) is 3.30. The number of rotatable bonds is 2. The highest BCUT2D eigenvalue weighted by atomic mass is 32.2. The molecular formula is C10H13S. The minimum absolute atomic E-state index is 1.08. The first kappa shape index (κ1) is 8.66. The van der Waals surface area contributed by atoms with Crippen LogP contribution in [-0.2, 0) is 6.42 Å². The van der Waals surface area contributed by atoms with Gasteiger partial charge in [0.05, 0.1) is 0 Å². The number of hydrogen-bond acceptors (Lipinski definition) is 1. The molecule has 0 amide bonds. The first-order chi connectivity index (χ1) is 5.29. The van der Waals surface area contributed by atoms with Gasteiger partial charge in [-0.15, -0.1) is 11.8 Å². The van der Waals surface area contributed by atoms with E-state index in [1.807, 2.05) is 0 Å². The third-order valence-corrected chi connectivity index (χ3v) is 2.63. The number of hydrogen-bond donors (Lipinski definition) is 0. The molecule has 1 aromatic carbocycles. The fraction of sp³-hybridized carbons (Fsp3) is 0.300. The number of thioether (sulfide) groups is 1. The Labute approximate surface area is 73.0 Å². The van der Waals surface area contributed by atoms with Gasteiger partial charge >= 0.3 is 0 Å². The van der Waals surface area contributed by atoms with Gasteiger partial charge in [-0.1, -0.05) is 19.1 Å². The monoisotopic (exact) mass is 165 g/mol. The summed E-state index contributed by atoms with van der Waals surface area (Å²) in [5, 5.41) is 0. The summed E-state index contributed by atoms with van der Waals surface area (Å²) in [5.74, 6) is 0. The summed E-state index contributed by atoms with van der Waals surface area (Å²) in [6.45, 7) is 6.16. The molecule has 0 atom stereocenters. The van der Waals surface area contributed by atoms with Crippen molar-refractivity contribution in [2.24, 2.45) is 0 Å². The Morgan fingerprint density at radius 2 is 2.18 bits per heavy atom. The molecule has 0 unspecified atom stereocenters. The molecule has 0 spiro atoms. The van der Waals surface area contributed by atoms with E-state index in [2.05, 4.69) is 38.3 Å². The van der Waals surface area contributed by atoms with Crippen molar-refractivity contribution in [1.29, 1.82) is 0 Å². The summed E-state index contributed by atoms with van der Waals surface area (Å²) >= 11 is 1.79. The molecule has 0 saturated carbocycles. The van der Waals surface area contributed by atoms with Gasteiger partial charge < -0.3 is 0 Å². The Morgan fingerprint density at radius 1 is 1.45 bits per heavy atom. The zero-order chi connectivity index (χ0) is 8.27. The highest BCUT2D eigenvalue weighted by Crippen LogP contribution is 2.23. The topological polar surface area (TPSA) is 0 Å². The van der Waals surface area contributed by atoms with E-state index in [1.165, 1.54) is 16.0 Å². The van der Waals surface area contributed by atoms with E-state index in [0.717, 1.165) is 6.42 Å². The van der Waals surface area contributed by atoms with Crippen LogP contribution in [0.2, 0.25) is 0 Å². The van der Waals surface area contributed by atoms with Crippen molar-refractivity contribution in [2.45, 2.75) is 18.2 Å². The number of benzene rings is 1. The van der Waals surface area contributed by atoms with Crippen molar-refractivity contribution in [2.75, 3.05) is 6.26 Å².